The molecule has 0 saturated heterocycles. The summed E-state index contributed by atoms with van der Waals surface area (Å²) in [7, 11) is 1.37. The zero-order valence-corrected chi connectivity index (χ0v) is 20.3. The summed E-state index contributed by atoms with van der Waals surface area (Å²) in [5.41, 5.74) is 4.05. The fourth-order valence-corrected chi connectivity index (χ4v) is 5.07. The molecule has 0 radical (unpaired) electrons. The average Bonchev–Trinajstić information content (AvgIpc) is 3.18. The lowest BCUT2D eigenvalue weighted by Gasteiger charge is -2.26. The topological polar surface area (TPSA) is 57.5 Å². The van der Waals surface area contributed by atoms with Crippen LogP contribution in [0.2, 0.25) is 0 Å². The van der Waals surface area contributed by atoms with Crippen molar-refractivity contribution >= 4 is 22.7 Å². The Morgan fingerprint density at radius 2 is 1.71 bits per heavy atom. The third-order valence-electron chi connectivity index (χ3n) is 6.95. The largest absolute Gasteiger partial charge is 0.465 e. The third kappa shape index (κ3) is 4.34. The molecule has 0 fully saturated rings. The van der Waals surface area contributed by atoms with Crippen molar-refractivity contribution in [2.24, 2.45) is 11.8 Å². The molecule has 1 aliphatic carbocycles. The first-order chi connectivity index (χ1) is 17.0. The van der Waals surface area contributed by atoms with Crippen molar-refractivity contribution in [1.29, 1.82) is 0 Å². The summed E-state index contributed by atoms with van der Waals surface area (Å²) in [5, 5.41) is 0.707. The van der Waals surface area contributed by atoms with Crippen molar-refractivity contribution in [3.63, 3.8) is 0 Å². The maximum absolute atomic E-state index is 13.4. The van der Waals surface area contributed by atoms with E-state index in [0.29, 0.717) is 35.4 Å². The highest BCUT2D eigenvalue weighted by Gasteiger charge is 2.34. The Labute approximate surface area is 205 Å². The van der Waals surface area contributed by atoms with Gasteiger partial charge in [0.25, 0.3) is 0 Å². The van der Waals surface area contributed by atoms with Gasteiger partial charge in [-0.3, -0.25) is 4.79 Å². The van der Waals surface area contributed by atoms with Crippen molar-refractivity contribution in [2.75, 3.05) is 7.11 Å². The van der Waals surface area contributed by atoms with Crippen LogP contribution in [0.5, 0.6) is 11.5 Å². The van der Waals surface area contributed by atoms with Gasteiger partial charge in [-0.15, -0.1) is 0 Å². The molecule has 0 saturated carbocycles. The van der Waals surface area contributed by atoms with Gasteiger partial charge in [-0.05, 0) is 60.2 Å². The van der Waals surface area contributed by atoms with Crippen molar-refractivity contribution in [3.8, 4) is 11.5 Å². The van der Waals surface area contributed by atoms with Crippen LogP contribution in [0.1, 0.15) is 52.2 Å². The molecule has 0 N–H and O–H groups in total. The van der Waals surface area contributed by atoms with E-state index in [0.717, 1.165) is 34.7 Å². The van der Waals surface area contributed by atoms with Gasteiger partial charge in [-0.25, -0.2) is 4.79 Å². The lowest BCUT2D eigenvalue weighted by atomic mass is 9.79. The maximum atomic E-state index is 13.4. The minimum Gasteiger partial charge on any atom is -0.465 e. The Morgan fingerprint density at radius 3 is 2.46 bits per heavy atom. The van der Waals surface area contributed by atoms with Gasteiger partial charge in [-0.2, -0.15) is 0 Å². The molecular weight excluding hydrogens is 438 g/mol. The molecule has 5 nitrogen and oxygen atoms in total. The van der Waals surface area contributed by atoms with Gasteiger partial charge in [0.2, 0.25) is 0 Å². The maximum Gasteiger partial charge on any atom is 0.338 e. The molecule has 35 heavy (non-hydrogen) atoms. The monoisotopic (exact) mass is 467 g/mol. The standard InChI is InChI=1S/C30H29NO4/c1-19(2)21-16-26-29(27(32)17-21)28-24(30(33)34-3)13-8-14-25(28)31(26)18-20-9-7-12-23(15-20)35-22-10-5-4-6-11-22/h4-15,19,21H,16-18H2,1-3H3. The van der Waals surface area contributed by atoms with Crippen LogP contribution in [0, 0.1) is 11.8 Å². The molecule has 4 aromatic rings. The molecule has 1 atom stereocenters. The van der Waals surface area contributed by atoms with E-state index in [9.17, 15) is 9.59 Å². The molecule has 0 bridgehead atoms. The van der Waals surface area contributed by atoms with Gasteiger partial charge in [0.05, 0.1) is 18.2 Å². The van der Waals surface area contributed by atoms with E-state index in [1.807, 2.05) is 60.7 Å². The Kier molecular flexibility index (Phi) is 6.16. The highest BCUT2D eigenvalue weighted by Crippen LogP contribution is 2.39. The smallest absolute Gasteiger partial charge is 0.338 e. The highest BCUT2D eigenvalue weighted by atomic mass is 16.5. The number of hydrogen-bond acceptors (Lipinski definition) is 4. The van der Waals surface area contributed by atoms with Gasteiger partial charge >= 0.3 is 5.97 Å². The molecule has 3 aromatic carbocycles. The molecule has 5 rings (SSSR count). The molecule has 0 amide bonds. The van der Waals surface area contributed by atoms with Crippen LogP contribution >= 0.6 is 0 Å². The summed E-state index contributed by atoms with van der Waals surface area (Å²) in [6, 6.07) is 23.3. The molecule has 1 unspecified atom stereocenters. The average molecular weight is 468 g/mol. The zero-order chi connectivity index (χ0) is 24.5. The van der Waals surface area contributed by atoms with E-state index in [1.165, 1.54) is 7.11 Å². The number of carbonyl (C=O) groups excluding carboxylic acids is 2. The van der Waals surface area contributed by atoms with Crippen molar-refractivity contribution in [3.05, 3.63) is 95.2 Å². The van der Waals surface area contributed by atoms with E-state index in [2.05, 4.69) is 24.5 Å². The lowest BCUT2D eigenvalue weighted by molar-refractivity contribution is 0.0603. The summed E-state index contributed by atoms with van der Waals surface area (Å²) in [4.78, 5) is 26.0. The van der Waals surface area contributed by atoms with Crippen LogP contribution in [-0.2, 0) is 17.7 Å². The Bertz CT molecular complexity index is 1400. The van der Waals surface area contributed by atoms with Gasteiger partial charge in [0.1, 0.15) is 11.5 Å². The number of benzene rings is 3. The lowest BCUT2D eigenvalue weighted by Crippen LogP contribution is -2.25. The third-order valence-corrected chi connectivity index (χ3v) is 6.95. The number of methoxy groups -OCH3 is 1. The molecule has 1 aromatic heterocycles. The number of rotatable bonds is 6. The number of fused-ring (bicyclic) bond motifs is 3. The first-order valence-corrected chi connectivity index (χ1v) is 12.0. The Hall–Kier alpha value is -3.86. The number of para-hydroxylation sites is 1. The quantitative estimate of drug-likeness (QED) is 0.297. The number of ether oxygens (including phenoxy) is 2. The van der Waals surface area contributed by atoms with Gasteiger partial charge in [-0.1, -0.05) is 50.2 Å². The predicted octanol–water partition coefficient (Wildman–Crippen LogP) is 6.67. The van der Waals surface area contributed by atoms with Crippen LogP contribution < -0.4 is 4.74 Å². The first-order valence-electron chi connectivity index (χ1n) is 12.0. The second-order valence-corrected chi connectivity index (χ2v) is 9.50. The highest BCUT2D eigenvalue weighted by molar-refractivity contribution is 6.16. The second-order valence-electron chi connectivity index (χ2n) is 9.50. The first kappa shape index (κ1) is 22.9. The normalized spacial score (nSPS) is 15.3. The molecule has 1 aliphatic rings. The minimum absolute atomic E-state index is 0.103. The van der Waals surface area contributed by atoms with E-state index in [-0.39, 0.29) is 11.7 Å². The number of hydrogen-bond donors (Lipinski definition) is 0. The SMILES string of the molecule is COC(=O)c1cccc2c1c1c(n2Cc2cccc(Oc3ccccc3)c2)CC(C(C)C)CC1=O. The number of esters is 1. The van der Waals surface area contributed by atoms with Crippen molar-refractivity contribution in [1.82, 2.24) is 4.57 Å². The molecule has 5 heteroatoms. The van der Waals surface area contributed by atoms with E-state index < -0.39 is 5.97 Å². The van der Waals surface area contributed by atoms with Gasteiger partial charge < -0.3 is 14.0 Å². The fraction of sp³-hybridized carbons (Fsp3) is 0.267. The minimum atomic E-state index is -0.424. The molecular formula is C30H29NO4. The van der Waals surface area contributed by atoms with E-state index in [1.54, 1.807) is 6.07 Å². The fourth-order valence-electron chi connectivity index (χ4n) is 5.07. The predicted molar refractivity (Wildman–Crippen MR) is 136 cm³/mol. The number of Topliss-reactive ketones (excluding diaryl/α,β-unsaturated/α-hetero) is 1. The zero-order valence-electron chi connectivity index (χ0n) is 20.3. The molecule has 178 valence electrons. The summed E-state index contributed by atoms with van der Waals surface area (Å²) < 4.78 is 13.3. The summed E-state index contributed by atoms with van der Waals surface area (Å²) >= 11 is 0. The number of nitrogens with zero attached hydrogens (tertiary/aromatic N) is 1. The van der Waals surface area contributed by atoms with Crippen LogP contribution in [0.15, 0.2) is 72.8 Å². The summed E-state index contributed by atoms with van der Waals surface area (Å²) in [6.07, 6.45) is 1.30. The van der Waals surface area contributed by atoms with Crippen LogP contribution in [0.4, 0.5) is 0 Å². The van der Waals surface area contributed by atoms with E-state index >= 15 is 0 Å². The molecule has 0 spiro atoms. The molecule has 0 aliphatic heterocycles. The summed E-state index contributed by atoms with van der Waals surface area (Å²) in [5.74, 6) is 1.87. The summed E-state index contributed by atoms with van der Waals surface area (Å²) in [6.45, 7) is 4.90. The number of carbonyl (C=O) groups is 2. The van der Waals surface area contributed by atoms with Gasteiger partial charge in [0, 0.05) is 29.6 Å². The number of ketones is 1. The van der Waals surface area contributed by atoms with Crippen LogP contribution in [0.25, 0.3) is 10.9 Å². The Balaban J connectivity index is 1.62. The Morgan fingerprint density at radius 1 is 0.971 bits per heavy atom. The van der Waals surface area contributed by atoms with Gasteiger partial charge in [0.15, 0.2) is 5.78 Å². The number of aromatic nitrogens is 1. The molecule has 1 heterocycles. The van der Waals surface area contributed by atoms with Crippen LogP contribution in [-0.4, -0.2) is 23.4 Å². The van der Waals surface area contributed by atoms with Crippen LogP contribution in [0.3, 0.4) is 0 Å². The van der Waals surface area contributed by atoms with Crippen molar-refractivity contribution in [2.45, 2.75) is 33.2 Å². The van der Waals surface area contributed by atoms with Crippen molar-refractivity contribution < 1.29 is 19.1 Å². The second kappa shape index (κ2) is 9.41. The van der Waals surface area contributed by atoms with E-state index in [4.69, 9.17) is 9.47 Å².